The second-order valence-corrected chi connectivity index (χ2v) is 7.02. The molecule has 2 heterocycles. The van der Waals surface area contributed by atoms with Gasteiger partial charge in [-0.25, -0.2) is 9.37 Å². The first-order chi connectivity index (χ1) is 11.5. The van der Waals surface area contributed by atoms with Crippen molar-refractivity contribution in [3.63, 3.8) is 0 Å². The lowest BCUT2D eigenvalue weighted by Gasteiger charge is -2.16. The Labute approximate surface area is 145 Å². The van der Waals surface area contributed by atoms with E-state index >= 15 is 0 Å². The summed E-state index contributed by atoms with van der Waals surface area (Å²) >= 11 is 2.44. The van der Waals surface area contributed by atoms with E-state index < -0.39 is 17.0 Å². The lowest BCUT2D eigenvalue weighted by molar-refractivity contribution is -0.117. The first-order valence-corrected chi connectivity index (χ1v) is 8.96. The van der Waals surface area contributed by atoms with Gasteiger partial charge < -0.3 is 5.73 Å². The number of carbonyl (C=O) groups is 1. The minimum absolute atomic E-state index is 0.137. The summed E-state index contributed by atoms with van der Waals surface area (Å²) in [5, 5.41) is 1.46. The van der Waals surface area contributed by atoms with Crippen molar-refractivity contribution in [2.45, 2.75) is 23.9 Å². The lowest BCUT2D eigenvalue weighted by Crippen LogP contribution is -2.24. The molecule has 0 aliphatic heterocycles. The Morgan fingerprint density at radius 2 is 2.08 bits per heavy atom. The Morgan fingerprint density at radius 1 is 1.38 bits per heavy atom. The fourth-order valence-corrected chi connectivity index (χ4v) is 4.21. The highest BCUT2D eigenvalue weighted by molar-refractivity contribution is 8.00. The first kappa shape index (κ1) is 16.7. The van der Waals surface area contributed by atoms with E-state index in [4.69, 9.17) is 5.73 Å². The van der Waals surface area contributed by atoms with Gasteiger partial charge in [0.05, 0.1) is 5.52 Å². The number of halogens is 1. The monoisotopic (exact) mass is 363 g/mol. The van der Waals surface area contributed by atoms with Crippen LogP contribution in [0.4, 0.5) is 4.39 Å². The maximum Gasteiger partial charge on any atom is 0.272 e. The molecule has 2 N–H and O–H groups in total. The fourth-order valence-electron chi connectivity index (χ4n) is 2.33. The average Bonchev–Trinajstić information content (AvgIpc) is 3.02. The number of primary amides is 1. The molecule has 1 unspecified atom stereocenters. The summed E-state index contributed by atoms with van der Waals surface area (Å²) < 4.78 is 15.2. The minimum atomic E-state index is -0.758. The molecule has 0 saturated heterocycles. The third kappa shape index (κ3) is 3.07. The van der Waals surface area contributed by atoms with E-state index in [0.717, 1.165) is 11.8 Å². The SMILES string of the molecule is CCn1c(SC(C(N)=O)c2ccc(F)cc2)nc2ccsc2c1=O. The smallest absolute Gasteiger partial charge is 0.272 e. The molecule has 3 aromatic rings. The molecule has 5 nitrogen and oxygen atoms in total. The van der Waals surface area contributed by atoms with Gasteiger partial charge in [0, 0.05) is 6.54 Å². The zero-order valence-corrected chi connectivity index (χ0v) is 14.4. The van der Waals surface area contributed by atoms with E-state index in [9.17, 15) is 14.0 Å². The van der Waals surface area contributed by atoms with E-state index in [1.54, 1.807) is 11.4 Å². The molecule has 0 saturated carbocycles. The molecule has 0 fully saturated rings. The van der Waals surface area contributed by atoms with Crippen LogP contribution in [0.25, 0.3) is 10.2 Å². The summed E-state index contributed by atoms with van der Waals surface area (Å²) in [6.45, 7) is 2.26. The van der Waals surface area contributed by atoms with E-state index in [1.165, 1.54) is 40.2 Å². The maximum atomic E-state index is 13.1. The summed E-state index contributed by atoms with van der Waals surface area (Å²) in [5.41, 5.74) is 6.54. The molecule has 1 amide bonds. The van der Waals surface area contributed by atoms with Gasteiger partial charge in [0.2, 0.25) is 5.91 Å². The molecule has 0 spiro atoms. The molecule has 0 radical (unpaired) electrons. The predicted molar refractivity (Wildman–Crippen MR) is 93.7 cm³/mol. The van der Waals surface area contributed by atoms with Crippen molar-refractivity contribution < 1.29 is 9.18 Å². The lowest BCUT2D eigenvalue weighted by atomic mass is 10.1. The Kier molecular flexibility index (Phi) is 4.68. The van der Waals surface area contributed by atoms with Gasteiger partial charge in [-0.05, 0) is 36.1 Å². The molecular formula is C16H14FN3O2S2. The van der Waals surface area contributed by atoms with Crippen LogP contribution in [0.2, 0.25) is 0 Å². The molecule has 1 atom stereocenters. The van der Waals surface area contributed by atoms with E-state index in [2.05, 4.69) is 4.98 Å². The number of thiophene rings is 1. The number of thioether (sulfide) groups is 1. The van der Waals surface area contributed by atoms with Gasteiger partial charge in [0.15, 0.2) is 5.16 Å². The predicted octanol–water partition coefficient (Wildman–Crippen LogP) is 2.94. The highest BCUT2D eigenvalue weighted by atomic mass is 32.2. The largest absolute Gasteiger partial charge is 0.368 e. The van der Waals surface area contributed by atoms with Crippen LogP contribution >= 0.6 is 23.1 Å². The number of rotatable bonds is 5. The van der Waals surface area contributed by atoms with Crippen LogP contribution in [-0.2, 0) is 11.3 Å². The van der Waals surface area contributed by atoms with Crippen LogP contribution in [0, 0.1) is 5.82 Å². The Bertz CT molecular complexity index is 950. The van der Waals surface area contributed by atoms with Gasteiger partial charge >= 0.3 is 0 Å². The van der Waals surface area contributed by atoms with Crippen molar-refractivity contribution >= 4 is 39.2 Å². The van der Waals surface area contributed by atoms with Crippen molar-refractivity contribution in [3.05, 3.63) is 57.4 Å². The molecule has 24 heavy (non-hydrogen) atoms. The number of nitrogens with two attached hydrogens (primary N) is 1. The molecule has 0 aliphatic carbocycles. The van der Waals surface area contributed by atoms with Gasteiger partial charge in [0.25, 0.3) is 5.56 Å². The van der Waals surface area contributed by atoms with Crippen molar-refractivity contribution in [3.8, 4) is 0 Å². The molecule has 3 rings (SSSR count). The summed E-state index contributed by atoms with van der Waals surface area (Å²) in [6, 6.07) is 7.33. The van der Waals surface area contributed by atoms with Gasteiger partial charge in [-0.3, -0.25) is 14.2 Å². The van der Waals surface area contributed by atoms with Crippen molar-refractivity contribution in [2.24, 2.45) is 5.73 Å². The summed E-state index contributed by atoms with van der Waals surface area (Å²) in [6.07, 6.45) is 0. The van der Waals surface area contributed by atoms with E-state index in [1.807, 2.05) is 6.92 Å². The van der Waals surface area contributed by atoms with Crippen molar-refractivity contribution in [2.75, 3.05) is 0 Å². The number of hydrogen-bond acceptors (Lipinski definition) is 5. The number of fused-ring (bicyclic) bond motifs is 1. The second kappa shape index (κ2) is 6.74. The van der Waals surface area contributed by atoms with Crippen molar-refractivity contribution in [1.82, 2.24) is 9.55 Å². The zero-order chi connectivity index (χ0) is 17.3. The minimum Gasteiger partial charge on any atom is -0.368 e. The third-order valence-corrected chi connectivity index (χ3v) is 5.66. The molecule has 2 aromatic heterocycles. The van der Waals surface area contributed by atoms with E-state index in [0.29, 0.717) is 27.5 Å². The van der Waals surface area contributed by atoms with Crippen LogP contribution in [0.15, 0.2) is 45.7 Å². The van der Waals surface area contributed by atoms with Crippen LogP contribution < -0.4 is 11.3 Å². The Morgan fingerprint density at radius 3 is 2.71 bits per heavy atom. The Hall–Kier alpha value is -2.19. The van der Waals surface area contributed by atoms with Gasteiger partial charge in [0.1, 0.15) is 15.8 Å². The molecule has 0 bridgehead atoms. The standard InChI is InChI=1S/C16H14FN3O2S2/c1-2-20-15(22)13-11(7-8-23-13)19-16(20)24-12(14(18)21)9-3-5-10(17)6-4-9/h3-8,12H,2H2,1H3,(H2,18,21). The van der Waals surface area contributed by atoms with E-state index in [-0.39, 0.29) is 5.56 Å². The van der Waals surface area contributed by atoms with Crippen LogP contribution in [0.5, 0.6) is 0 Å². The summed E-state index contributed by atoms with van der Waals surface area (Å²) in [5.74, 6) is -0.968. The van der Waals surface area contributed by atoms with Crippen LogP contribution in [0.3, 0.4) is 0 Å². The number of amides is 1. The van der Waals surface area contributed by atoms with Crippen LogP contribution in [-0.4, -0.2) is 15.5 Å². The normalized spacial score (nSPS) is 12.4. The fraction of sp³-hybridized carbons (Fsp3) is 0.188. The molecule has 1 aromatic carbocycles. The van der Waals surface area contributed by atoms with Crippen molar-refractivity contribution in [1.29, 1.82) is 0 Å². The number of hydrogen-bond donors (Lipinski definition) is 1. The number of aromatic nitrogens is 2. The zero-order valence-electron chi connectivity index (χ0n) is 12.7. The average molecular weight is 363 g/mol. The highest BCUT2D eigenvalue weighted by Gasteiger charge is 2.23. The summed E-state index contributed by atoms with van der Waals surface area (Å²) in [4.78, 5) is 28.9. The maximum absolute atomic E-state index is 13.1. The number of nitrogens with zero attached hydrogens (tertiary/aromatic N) is 2. The number of carbonyl (C=O) groups excluding carboxylic acids is 1. The van der Waals surface area contributed by atoms with Crippen LogP contribution in [0.1, 0.15) is 17.7 Å². The molecule has 124 valence electrons. The Balaban J connectivity index is 2.07. The van der Waals surface area contributed by atoms with Gasteiger partial charge in [-0.15, -0.1) is 11.3 Å². The molecule has 8 heteroatoms. The molecule has 0 aliphatic rings. The summed E-state index contributed by atoms with van der Waals surface area (Å²) in [7, 11) is 0. The topological polar surface area (TPSA) is 78.0 Å². The second-order valence-electron chi connectivity index (χ2n) is 5.03. The third-order valence-electron chi connectivity index (χ3n) is 3.50. The van der Waals surface area contributed by atoms with Gasteiger partial charge in [-0.1, -0.05) is 23.9 Å². The van der Waals surface area contributed by atoms with Gasteiger partial charge in [-0.2, -0.15) is 0 Å². The highest BCUT2D eigenvalue weighted by Crippen LogP contribution is 2.34. The first-order valence-electron chi connectivity index (χ1n) is 7.20. The quantitative estimate of drug-likeness (QED) is 0.558. The number of benzene rings is 1. The molecular weight excluding hydrogens is 349 g/mol.